The topological polar surface area (TPSA) is 57.4 Å². The quantitative estimate of drug-likeness (QED) is 0.798. The first kappa shape index (κ1) is 9.44. The smallest absolute Gasteiger partial charge is 0.143 e. The van der Waals surface area contributed by atoms with Crippen molar-refractivity contribution in [3.8, 4) is 5.75 Å². The number of nitrogens with two attached hydrogens (primary N) is 1. The Labute approximate surface area is 78.8 Å². The Bertz CT molecular complexity index is 268. The van der Waals surface area contributed by atoms with Gasteiger partial charge in [-0.3, -0.25) is 9.82 Å². The first-order valence-electron chi connectivity index (χ1n) is 3.27. The summed E-state index contributed by atoms with van der Waals surface area (Å²) in [6.07, 6.45) is 3.27. The van der Waals surface area contributed by atoms with E-state index in [1.165, 1.54) is 0 Å². The monoisotopic (exact) mass is 232 g/mol. The molecule has 1 rings (SSSR count). The van der Waals surface area contributed by atoms with Gasteiger partial charge in [0.15, 0.2) is 0 Å². The number of pyridine rings is 1. The molecule has 1 aromatic rings. The number of methoxy groups -OCH3 is 1. The maximum atomic E-state index is 5.05. The van der Waals surface area contributed by atoms with Gasteiger partial charge in [-0.15, -0.1) is 0 Å². The molecule has 4 nitrogen and oxygen atoms in total. The fourth-order valence-corrected chi connectivity index (χ4v) is 1.27. The zero-order valence-corrected chi connectivity index (χ0v) is 8.17. The Kier molecular flexibility index (Phi) is 3.46. The number of nitrogens with zero attached hydrogens (tertiary/aromatic N) is 1. The van der Waals surface area contributed by atoms with Gasteiger partial charge in [-0.1, -0.05) is 0 Å². The van der Waals surface area contributed by atoms with E-state index in [0.29, 0.717) is 12.4 Å². The van der Waals surface area contributed by atoms with Gasteiger partial charge < -0.3 is 4.74 Å². The van der Waals surface area contributed by atoms with Crippen molar-refractivity contribution in [1.29, 1.82) is 0 Å². The van der Waals surface area contributed by atoms with E-state index in [9.17, 15) is 0 Å². The molecule has 1 heterocycles. The van der Waals surface area contributed by atoms with Crippen molar-refractivity contribution in [2.45, 2.75) is 6.61 Å². The number of rotatable bonds is 3. The van der Waals surface area contributed by atoms with Crippen LogP contribution in [0.5, 0.6) is 5.75 Å². The van der Waals surface area contributed by atoms with Crippen LogP contribution < -0.4 is 10.6 Å². The van der Waals surface area contributed by atoms with Crippen LogP contribution in [0.3, 0.4) is 0 Å². The highest BCUT2D eigenvalue weighted by molar-refractivity contribution is 9.10. The minimum absolute atomic E-state index is 0.298. The van der Waals surface area contributed by atoms with E-state index in [1.807, 2.05) is 0 Å². The summed E-state index contributed by atoms with van der Waals surface area (Å²) in [6.45, 7) is 0.298. The van der Waals surface area contributed by atoms with E-state index in [0.717, 1.165) is 10.0 Å². The summed E-state index contributed by atoms with van der Waals surface area (Å²) in [5.74, 6) is 5.62. The van der Waals surface area contributed by atoms with Crippen LogP contribution in [-0.4, -0.2) is 12.1 Å². The van der Waals surface area contributed by atoms with Crippen molar-refractivity contribution in [2.75, 3.05) is 7.11 Å². The Hall–Kier alpha value is -0.650. The molecule has 0 saturated heterocycles. The lowest BCUT2D eigenvalue weighted by molar-refractivity contribution is 0.121. The molecule has 0 fully saturated rings. The lowest BCUT2D eigenvalue weighted by atomic mass is 10.2. The maximum absolute atomic E-state index is 5.05. The lowest BCUT2D eigenvalue weighted by Gasteiger charge is -2.07. The summed E-state index contributed by atoms with van der Waals surface area (Å²) < 4.78 is 5.88. The molecule has 0 radical (unpaired) electrons. The van der Waals surface area contributed by atoms with Crippen molar-refractivity contribution < 1.29 is 9.57 Å². The molecule has 0 unspecified atom stereocenters. The molecular formula is C7H9BrN2O2. The Morgan fingerprint density at radius 3 is 2.92 bits per heavy atom. The molecule has 0 aliphatic heterocycles. The molecule has 2 N–H and O–H groups in total. The standard InChI is InChI=1S/C7H9BrN2O2/c1-11-7-3-10-2-6(8)5(7)4-12-9/h2-3H,4,9H2,1H3. The van der Waals surface area contributed by atoms with Crippen LogP contribution in [-0.2, 0) is 11.4 Å². The summed E-state index contributed by atoms with van der Waals surface area (Å²) >= 11 is 3.31. The average molecular weight is 233 g/mol. The van der Waals surface area contributed by atoms with E-state index in [2.05, 4.69) is 25.8 Å². The van der Waals surface area contributed by atoms with Crippen LogP contribution >= 0.6 is 15.9 Å². The molecule has 0 bridgehead atoms. The second kappa shape index (κ2) is 4.39. The Morgan fingerprint density at radius 1 is 1.58 bits per heavy atom. The van der Waals surface area contributed by atoms with E-state index in [4.69, 9.17) is 10.6 Å². The molecular weight excluding hydrogens is 224 g/mol. The largest absolute Gasteiger partial charge is 0.495 e. The molecule has 1 aromatic heterocycles. The van der Waals surface area contributed by atoms with Gasteiger partial charge in [0.1, 0.15) is 5.75 Å². The predicted molar refractivity (Wildman–Crippen MR) is 47.5 cm³/mol. The van der Waals surface area contributed by atoms with Gasteiger partial charge in [-0.2, -0.15) is 0 Å². The van der Waals surface area contributed by atoms with E-state index in [1.54, 1.807) is 19.5 Å². The Morgan fingerprint density at radius 2 is 2.33 bits per heavy atom. The molecule has 12 heavy (non-hydrogen) atoms. The van der Waals surface area contributed by atoms with Gasteiger partial charge in [-0.05, 0) is 15.9 Å². The molecule has 0 atom stereocenters. The molecule has 0 amide bonds. The maximum Gasteiger partial charge on any atom is 0.143 e. The zero-order chi connectivity index (χ0) is 8.97. The summed E-state index contributed by atoms with van der Waals surface area (Å²) in [6, 6.07) is 0. The van der Waals surface area contributed by atoms with Crippen molar-refractivity contribution in [3.05, 3.63) is 22.4 Å². The van der Waals surface area contributed by atoms with Gasteiger partial charge in [0.25, 0.3) is 0 Å². The van der Waals surface area contributed by atoms with Gasteiger partial charge >= 0.3 is 0 Å². The van der Waals surface area contributed by atoms with Crippen molar-refractivity contribution in [2.24, 2.45) is 5.90 Å². The minimum atomic E-state index is 0.298. The zero-order valence-electron chi connectivity index (χ0n) is 6.58. The first-order chi connectivity index (χ1) is 5.79. The van der Waals surface area contributed by atoms with Crippen molar-refractivity contribution in [3.63, 3.8) is 0 Å². The van der Waals surface area contributed by atoms with E-state index in [-0.39, 0.29) is 0 Å². The highest BCUT2D eigenvalue weighted by atomic mass is 79.9. The third kappa shape index (κ3) is 1.94. The van der Waals surface area contributed by atoms with Crippen molar-refractivity contribution in [1.82, 2.24) is 4.98 Å². The van der Waals surface area contributed by atoms with E-state index >= 15 is 0 Å². The highest BCUT2D eigenvalue weighted by Gasteiger charge is 2.06. The summed E-state index contributed by atoms with van der Waals surface area (Å²) in [7, 11) is 1.57. The van der Waals surface area contributed by atoms with Gasteiger partial charge in [0.05, 0.1) is 19.9 Å². The fourth-order valence-electron chi connectivity index (χ4n) is 0.843. The first-order valence-corrected chi connectivity index (χ1v) is 4.07. The van der Waals surface area contributed by atoms with Gasteiger partial charge in [0, 0.05) is 16.2 Å². The van der Waals surface area contributed by atoms with Crippen LogP contribution in [0.15, 0.2) is 16.9 Å². The van der Waals surface area contributed by atoms with Crippen molar-refractivity contribution >= 4 is 15.9 Å². The number of hydrogen-bond acceptors (Lipinski definition) is 4. The number of halogens is 1. The molecule has 0 spiro atoms. The van der Waals surface area contributed by atoms with Gasteiger partial charge in [0.2, 0.25) is 0 Å². The summed E-state index contributed by atoms with van der Waals surface area (Å²) in [5, 5.41) is 0. The van der Waals surface area contributed by atoms with Crippen LogP contribution in [0.2, 0.25) is 0 Å². The fraction of sp³-hybridized carbons (Fsp3) is 0.286. The molecule has 0 saturated carbocycles. The third-order valence-corrected chi connectivity index (χ3v) is 2.10. The molecule has 0 aliphatic rings. The van der Waals surface area contributed by atoms with Crippen LogP contribution in [0.4, 0.5) is 0 Å². The lowest BCUT2D eigenvalue weighted by Crippen LogP contribution is -2.02. The second-order valence-electron chi connectivity index (χ2n) is 2.11. The number of ether oxygens (including phenoxy) is 1. The van der Waals surface area contributed by atoms with Gasteiger partial charge in [-0.25, -0.2) is 5.90 Å². The molecule has 0 aliphatic carbocycles. The third-order valence-electron chi connectivity index (χ3n) is 1.41. The number of aromatic nitrogens is 1. The SMILES string of the molecule is COc1cncc(Br)c1CON. The summed E-state index contributed by atoms with van der Waals surface area (Å²) in [5.41, 5.74) is 0.856. The van der Waals surface area contributed by atoms with Crippen LogP contribution in [0.25, 0.3) is 0 Å². The van der Waals surface area contributed by atoms with Crippen LogP contribution in [0, 0.1) is 0 Å². The normalized spacial score (nSPS) is 9.92. The second-order valence-corrected chi connectivity index (χ2v) is 2.97. The van der Waals surface area contributed by atoms with E-state index < -0.39 is 0 Å². The summed E-state index contributed by atoms with van der Waals surface area (Å²) in [4.78, 5) is 8.44. The average Bonchev–Trinajstić information content (AvgIpc) is 2.09. The Balaban J connectivity index is 3.02. The number of hydrogen-bond donors (Lipinski definition) is 1. The highest BCUT2D eigenvalue weighted by Crippen LogP contribution is 2.25. The minimum Gasteiger partial charge on any atom is -0.495 e. The predicted octanol–water partition coefficient (Wildman–Crippen LogP) is 1.24. The van der Waals surface area contributed by atoms with Crippen LogP contribution in [0.1, 0.15) is 5.56 Å². The molecule has 5 heteroatoms. The molecule has 66 valence electrons. The molecule has 0 aromatic carbocycles.